The van der Waals surface area contributed by atoms with E-state index >= 15 is 0 Å². The molecule has 1 heterocycles. The highest BCUT2D eigenvalue weighted by Gasteiger charge is 2.08. The van der Waals surface area contributed by atoms with Crippen LogP contribution >= 0.6 is 11.3 Å². The van der Waals surface area contributed by atoms with Crippen LogP contribution in [0.2, 0.25) is 0 Å². The molecule has 0 saturated heterocycles. The van der Waals surface area contributed by atoms with Crippen LogP contribution in [0.1, 0.15) is 18.2 Å². The number of hydrogen-bond acceptors (Lipinski definition) is 3. The van der Waals surface area contributed by atoms with E-state index in [4.69, 9.17) is 5.26 Å². The second-order valence-corrected chi connectivity index (χ2v) is 3.96. The molecular formula is C10H12N2OS. The van der Waals surface area contributed by atoms with Crippen LogP contribution in [0.3, 0.4) is 0 Å². The van der Waals surface area contributed by atoms with Crippen molar-refractivity contribution in [2.45, 2.75) is 19.9 Å². The highest BCUT2D eigenvalue weighted by Crippen LogP contribution is 2.12. The highest BCUT2D eigenvalue weighted by molar-refractivity contribution is 7.09. The van der Waals surface area contributed by atoms with Crippen molar-refractivity contribution in [3.63, 3.8) is 0 Å². The first-order chi connectivity index (χ1) is 6.74. The monoisotopic (exact) mass is 208 g/mol. The lowest BCUT2D eigenvalue weighted by atomic mass is 10.3. The second-order valence-electron chi connectivity index (χ2n) is 2.93. The zero-order valence-electron chi connectivity index (χ0n) is 8.06. The average molecular weight is 208 g/mol. The molecule has 0 spiro atoms. The molecule has 0 N–H and O–H groups in total. The van der Waals surface area contributed by atoms with Gasteiger partial charge < -0.3 is 4.90 Å². The number of rotatable bonds is 4. The molecule has 1 aromatic heterocycles. The maximum Gasteiger partial charge on any atom is 0.219 e. The lowest BCUT2D eigenvalue weighted by Crippen LogP contribution is -2.28. The number of nitrogens with zero attached hydrogens (tertiary/aromatic N) is 2. The standard InChI is InChI=1S/C10H12N2OS/c1-9(13)12(6-3-5-11)8-10-4-2-7-14-10/h2,4,7H,3,6,8H2,1H3. The molecule has 3 nitrogen and oxygen atoms in total. The van der Waals surface area contributed by atoms with Crippen LogP contribution < -0.4 is 0 Å². The summed E-state index contributed by atoms with van der Waals surface area (Å²) in [6.45, 7) is 2.67. The van der Waals surface area contributed by atoms with E-state index in [0.717, 1.165) is 4.88 Å². The van der Waals surface area contributed by atoms with Gasteiger partial charge in [-0.2, -0.15) is 5.26 Å². The molecule has 1 aromatic rings. The van der Waals surface area contributed by atoms with Crippen molar-refractivity contribution in [2.24, 2.45) is 0 Å². The Balaban J connectivity index is 2.52. The van der Waals surface area contributed by atoms with E-state index in [9.17, 15) is 4.79 Å². The van der Waals surface area contributed by atoms with Crippen LogP contribution in [0.5, 0.6) is 0 Å². The summed E-state index contributed by atoms with van der Waals surface area (Å²) in [5.41, 5.74) is 0. The first kappa shape index (κ1) is 10.7. The Morgan fingerprint density at radius 2 is 2.50 bits per heavy atom. The Morgan fingerprint density at radius 1 is 1.71 bits per heavy atom. The van der Waals surface area contributed by atoms with E-state index in [1.54, 1.807) is 16.2 Å². The van der Waals surface area contributed by atoms with Crippen molar-refractivity contribution < 1.29 is 4.79 Å². The first-order valence-corrected chi connectivity index (χ1v) is 5.27. The highest BCUT2D eigenvalue weighted by atomic mass is 32.1. The van der Waals surface area contributed by atoms with Crippen LogP contribution in [0, 0.1) is 11.3 Å². The van der Waals surface area contributed by atoms with Gasteiger partial charge in [-0.15, -0.1) is 11.3 Å². The van der Waals surface area contributed by atoms with Gasteiger partial charge in [0.2, 0.25) is 5.91 Å². The smallest absolute Gasteiger partial charge is 0.219 e. The molecule has 0 aliphatic carbocycles. The van der Waals surface area contributed by atoms with Gasteiger partial charge in [0, 0.05) is 18.3 Å². The van der Waals surface area contributed by atoms with Gasteiger partial charge >= 0.3 is 0 Å². The van der Waals surface area contributed by atoms with Crippen LogP contribution in [-0.2, 0) is 11.3 Å². The van der Waals surface area contributed by atoms with Crippen LogP contribution in [-0.4, -0.2) is 17.4 Å². The predicted octanol–water partition coefficient (Wildman–Crippen LogP) is 2.01. The molecular weight excluding hydrogens is 196 g/mol. The summed E-state index contributed by atoms with van der Waals surface area (Å²) in [7, 11) is 0. The molecule has 0 aromatic carbocycles. The first-order valence-electron chi connectivity index (χ1n) is 4.39. The van der Waals surface area contributed by atoms with Crippen molar-refractivity contribution in [3.8, 4) is 6.07 Å². The van der Waals surface area contributed by atoms with Crippen molar-refractivity contribution in [3.05, 3.63) is 22.4 Å². The fourth-order valence-electron chi connectivity index (χ4n) is 1.12. The fourth-order valence-corrected chi connectivity index (χ4v) is 1.84. The summed E-state index contributed by atoms with van der Waals surface area (Å²) in [5, 5.41) is 10.4. The average Bonchev–Trinajstić information content (AvgIpc) is 2.64. The molecule has 0 saturated carbocycles. The van der Waals surface area contributed by atoms with Gasteiger partial charge in [-0.3, -0.25) is 4.79 Å². The third-order valence-electron chi connectivity index (χ3n) is 1.87. The third kappa shape index (κ3) is 3.19. The summed E-state index contributed by atoms with van der Waals surface area (Å²) < 4.78 is 0. The van der Waals surface area contributed by atoms with E-state index in [1.807, 2.05) is 23.6 Å². The Kier molecular flexibility index (Phi) is 4.14. The van der Waals surface area contributed by atoms with Crippen molar-refractivity contribution in [1.29, 1.82) is 5.26 Å². The molecule has 1 rings (SSSR count). The fraction of sp³-hybridized carbons (Fsp3) is 0.400. The minimum absolute atomic E-state index is 0.0219. The number of amides is 1. The van der Waals surface area contributed by atoms with E-state index in [2.05, 4.69) is 0 Å². The summed E-state index contributed by atoms with van der Waals surface area (Å²) in [6.07, 6.45) is 0.394. The minimum Gasteiger partial charge on any atom is -0.337 e. The number of hydrogen-bond donors (Lipinski definition) is 0. The van der Waals surface area contributed by atoms with Gasteiger partial charge in [-0.1, -0.05) is 6.07 Å². The van der Waals surface area contributed by atoms with Gasteiger partial charge in [-0.05, 0) is 11.4 Å². The topological polar surface area (TPSA) is 44.1 Å². The number of carbonyl (C=O) groups is 1. The minimum atomic E-state index is 0.0219. The Bertz CT molecular complexity index is 326. The van der Waals surface area contributed by atoms with E-state index in [-0.39, 0.29) is 5.91 Å². The quantitative estimate of drug-likeness (QED) is 0.759. The third-order valence-corrected chi connectivity index (χ3v) is 2.73. The SMILES string of the molecule is CC(=O)N(CCC#N)Cc1cccs1. The maximum atomic E-state index is 11.2. The lowest BCUT2D eigenvalue weighted by molar-refractivity contribution is -0.129. The van der Waals surface area contributed by atoms with Gasteiger partial charge in [0.1, 0.15) is 0 Å². The van der Waals surface area contributed by atoms with Gasteiger partial charge in [0.15, 0.2) is 0 Å². The predicted molar refractivity (Wildman–Crippen MR) is 55.6 cm³/mol. The van der Waals surface area contributed by atoms with Crippen LogP contribution in [0.25, 0.3) is 0 Å². The molecule has 0 bridgehead atoms. The lowest BCUT2D eigenvalue weighted by Gasteiger charge is -2.18. The molecule has 0 fully saturated rings. The summed E-state index contributed by atoms with van der Waals surface area (Å²) in [6, 6.07) is 6.00. The number of thiophene rings is 1. The summed E-state index contributed by atoms with van der Waals surface area (Å²) >= 11 is 1.63. The largest absolute Gasteiger partial charge is 0.337 e. The summed E-state index contributed by atoms with van der Waals surface area (Å²) in [5.74, 6) is 0.0219. The van der Waals surface area contributed by atoms with Crippen molar-refractivity contribution in [2.75, 3.05) is 6.54 Å². The number of nitriles is 1. The molecule has 4 heteroatoms. The Labute approximate surface area is 87.6 Å². The zero-order chi connectivity index (χ0) is 10.4. The molecule has 0 radical (unpaired) electrons. The number of carbonyl (C=O) groups excluding carboxylic acids is 1. The Morgan fingerprint density at radius 3 is 3.00 bits per heavy atom. The van der Waals surface area contributed by atoms with E-state index in [1.165, 1.54) is 6.92 Å². The van der Waals surface area contributed by atoms with Gasteiger partial charge in [-0.25, -0.2) is 0 Å². The molecule has 0 aliphatic rings. The molecule has 0 unspecified atom stereocenters. The Hall–Kier alpha value is -1.34. The molecule has 1 amide bonds. The molecule has 0 aliphatic heterocycles. The van der Waals surface area contributed by atoms with Crippen molar-refractivity contribution >= 4 is 17.2 Å². The van der Waals surface area contributed by atoms with Crippen LogP contribution in [0.4, 0.5) is 0 Å². The van der Waals surface area contributed by atoms with E-state index < -0.39 is 0 Å². The van der Waals surface area contributed by atoms with Gasteiger partial charge in [0.25, 0.3) is 0 Å². The molecule has 14 heavy (non-hydrogen) atoms. The van der Waals surface area contributed by atoms with Crippen molar-refractivity contribution in [1.82, 2.24) is 4.90 Å². The molecule has 74 valence electrons. The summed E-state index contributed by atoms with van der Waals surface area (Å²) in [4.78, 5) is 14.0. The van der Waals surface area contributed by atoms with Gasteiger partial charge in [0.05, 0.1) is 19.0 Å². The zero-order valence-corrected chi connectivity index (χ0v) is 8.88. The van der Waals surface area contributed by atoms with E-state index in [0.29, 0.717) is 19.5 Å². The van der Waals surface area contributed by atoms with Crippen LogP contribution in [0.15, 0.2) is 17.5 Å². The normalized spacial score (nSPS) is 9.43. The maximum absolute atomic E-state index is 11.2. The second kappa shape index (κ2) is 5.40. The molecule has 0 atom stereocenters.